The SMILES string of the molecule is CCCCC(N)(CC)Cc1ncnn1CCC. The smallest absolute Gasteiger partial charge is 0.138 e. The molecule has 0 saturated carbocycles. The Morgan fingerprint density at radius 3 is 2.65 bits per heavy atom. The van der Waals surface area contributed by atoms with E-state index in [0.29, 0.717) is 0 Å². The molecule has 0 amide bonds. The predicted molar refractivity (Wildman–Crippen MR) is 70.8 cm³/mol. The van der Waals surface area contributed by atoms with Crippen molar-refractivity contribution in [2.75, 3.05) is 0 Å². The van der Waals surface area contributed by atoms with E-state index < -0.39 is 0 Å². The molecule has 1 aromatic heterocycles. The third-order valence-electron chi connectivity index (χ3n) is 3.37. The van der Waals surface area contributed by atoms with Crippen molar-refractivity contribution in [3.63, 3.8) is 0 Å². The zero-order valence-corrected chi connectivity index (χ0v) is 11.4. The molecule has 1 unspecified atom stereocenters. The van der Waals surface area contributed by atoms with Crippen LogP contribution in [0.25, 0.3) is 0 Å². The second kappa shape index (κ2) is 6.74. The third-order valence-corrected chi connectivity index (χ3v) is 3.37. The number of aromatic nitrogens is 3. The van der Waals surface area contributed by atoms with E-state index in [0.717, 1.165) is 38.1 Å². The van der Waals surface area contributed by atoms with Crippen LogP contribution < -0.4 is 5.73 Å². The standard InChI is InChI=1S/C13H26N4/c1-4-7-8-13(14,6-3)10-12-15-11-16-17(12)9-5-2/h11H,4-10,14H2,1-3H3. The molecule has 0 bridgehead atoms. The summed E-state index contributed by atoms with van der Waals surface area (Å²) in [5.41, 5.74) is 6.34. The van der Waals surface area contributed by atoms with Crippen LogP contribution in [0, 0.1) is 0 Å². The van der Waals surface area contributed by atoms with Gasteiger partial charge in [-0.25, -0.2) is 4.98 Å². The van der Waals surface area contributed by atoms with Crippen molar-refractivity contribution in [2.24, 2.45) is 5.73 Å². The van der Waals surface area contributed by atoms with Crippen LogP contribution in [0.1, 0.15) is 58.7 Å². The number of hydrogen-bond acceptors (Lipinski definition) is 3. The zero-order valence-electron chi connectivity index (χ0n) is 11.4. The molecule has 98 valence electrons. The normalized spacial score (nSPS) is 14.8. The monoisotopic (exact) mass is 238 g/mol. The van der Waals surface area contributed by atoms with Crippen molar-refractivity contribution in [3.8, 4) is 0 Å². The predicted octanol–water partition coefficient (Wildman–Crippen LogP) is 2.53. The number of nitrogens with two attached hydrogens (primary N) is 1. The highest BCUT2D eigenvalue weighted by atomic mass is 15.3. The lowest BCUT2D eigenvalue weighted by atomic mass is 9.87. The lowest BCUT2D eigenvalue weighted by Crippen LogP contribution is -2.42. The molecule has 17 heavy (non-hydrogen) atoms. The largest absolute Gasteiger partial charge is 0.325 e. The fourth-order valence-corrected chi connectivity index (χ4v) is 2.06. The first-order valence-corrected chi connectivity index (χ1v) is 6.80. The van der Waals surface area contributed by atoms with Crippen LogP contribution in [0.5, 0.6) is 0 Å². The van der Waals surface area contributed by atoms with Gasteiger partial charge in [0.2, 0.25) is 0 Å². The van der Waals surface area contributed by atoms with E-state index >= 15 is 0 Å². The van der Waals surface area contributed by atoms with E-state index in [1.54, 1.807) is 6.33 Å². The summed E-state index contributed by atoms with van der Waals surface area (Å²) in [7, 11) is 0. The minimum absolute atomic E-state index is 0.117. The summed E-state index contributed by atoms with van der Waals surface area (Å²) in [6.45, 7) is 7.45. The Morgan fingerprint density at radius 2 is 2.06 bits per heavy atom. The fraction of sp³-hybridized carbons (Fsp3) is 0.846. The van der Waals surface area contributed by atoms with Crippen molar-refractivity contribution < 1.29 is 0 Å². The lowest BCUT2D eigenvalue weighted by molar-refractivity contribution is 0.350. The van der Waals surface area contributed by atoms with Crippen LogP contribution in [0.4, 0.5) is 0 Å². The third kappa shape index (κ3) is 4.11. The molecule has 0 aliphatic carbocycles. The number of aryl methyl sites for hydroxylation is 1. The van der Waals surface area contributed by atoms with Gasteiger partial charge in [0.15, 0.2) is 0 Å². The first kappa shape index (κ1) is 14.2. The van der Waals surface area contributed by atoms with Gasteiger partial charge in [0.1, 0.15) is 12.2 Å². The van der Waals surface area contributed by atoms with Gasteiger partial charge in [-0.05, 0) is 19.3 Å². The van der Waals surface area contributed by atoms with E-state index in [-0.39, 0.29) is 5.54 Å². The molecule has 0 aliphatic rings. The van der Waals surface area contributed by atoms with E-state index in [1.807, 2.05) is 4.68 Å². The first-order chi connectivity index (χ1) is 8.15. The Kier molecular flexibility index (Phi) is 5.62. The topological polar surface area (TPSA) is 56.7 Å². The Bertz CT molecular complexity index is 321. The fourth-order valence-electron chi connectivity index (χ4n) is 2.06. The molecule has 2 N–H and O–H groups in total. The Balaban J connectivity index is 2.68. The number of rotatable bonds is 8. The zero-order chi connectivity index (χ0) is 12.7. The highest BCUT2D eigenvalue weighted by Crippen LogP contribution is 2.20. The number of hydrogen-bond donors (Lipinski definition) is 1. The van der Waals surface area contributed by atoms with Crippen molar-refractivity contribution >= 4 is 0 Å². The van der Waals surface area contributed by atoms with Gasteiger partial charge in [-0.2, -0.15) is 5.10 Å². The second-order valence-corrected chi connectivity index (χ2v) is 4.90. The number of unbranched alkanes of at least 4 members (excludes halogenated alkanes) is 1. The average Bonchev–Trinajstić information content (AvgIpc) is 2.74. The quantitative estimate of drug-likeness (QED) is 0.757. The maximum Gasteiger partial charge on any atom is 0.138 e. The molecular formula is C13H26N4. The van der Waals surface area contributed by atoms with E-state index in [4.69, 9.17) is 5.73 Å². The van der Waals surface area contributed by atoms with Crippen LogP contribution >= 0.6 is 0 Å². The second-order valence-electron chi connectivity index (χ2n) is 4.90. The van der Waals surface area contributed by atoms with Crippen LogP contribution in [-0.2, 0) is 13.0 Å². The molecule has 4 heteroatoms. The molecule has 0 fully saturated rings. The number of nitrogens with zero attached hydrogens (tertiary/aromatic N) is 3. The maximum atomic E-state index is 6.46. The molecule has 1 atom stereocenters. The van der Waals surface area contributed by atoms with E-state index in [1.165, 1.54) is 12.8 Å². The van der Waals surface area contributed by atoms with Gasteiger partial charge < -0.3 is 5.73 Å². The van der Waals surface area contributed by atoms with Crippen molar-refractivity contribution in [2.45, 2.75) is 71.4 Å². The summed E-state index contributed by atoms with van der Waals surface area (Å²) >= 11 is 0. The highest BCUT2D eigenvalue weighted by Gasteiger charge is 2.24. The molecule has 1 aromatic rings. The molecule has 0 aliphatic heterocycles. The summed E-state index contributed by atoms with van der Waals surface area (Å²) in [4.78, 5) is 4.35. The van der Waals surface area contributed by atoms with Crippen LogP contribution in [-0.4, -0.2) is 20.3 Å². The van der Waals surface area contributed by atoms with Gasteiger partial charge in [0, 0.05) is 18.5 Å². The molecule has 4 nitrogen and oxygen atoms in total. The van der Waals surface area contributed by atoms with Crippen LogP contribution in [0.15, 0.2) is 6.33 Å². The molecule has 1 heterocycles. The van der Waals surface area contributed by atoms with Gasteiger partial charge >= 0.3 is 0 Å². The molecule has 1 rings (SSSR count). The van der Waals surface area contributed by atoms with Gasteiger partial charge in [0.05, 0.1) is 0 Å². The lowest BCUT2D eigenvalue weighted by Gasteiger charge is -2.27. The van der Waals surface area contributed by atoms with Gasteiger partial charge in [-0.15, -0.1) is 0 Å². The van der Waals surface area contributed by atoms with Gasteiger partial charge in [-0.1, -0.05) is 33.6 Å². The van der Waals surface area contributed by atoms with Gasteiger partial charge in [-0.3, -0.25) is 4.68 Å². The summed E-state index contributed by atoms with van der Waals surface area (Å²) in [6, 6.07) is 0. The maximum absolute atomic E-state index is 6.46. The summed E-state index contributed by atoms with van der Waals surface area (Å²) in [6.07, 6.45) is 8.00. The minimum Gasteiger partial charge on any atom is -0.325 e. The Hall–Kier alpha value is -0.900. The van der Waals surface area contributed by atoms with Crippen molar-refractivity contribution in [1.82, 2.24) is 14.8 Å². The average molecular weight is 238 g/mol. The molecule has 0 spiro atoms. The molecular weight excluding hydrogens is 212 g/mol. The highest BCUT2D eigenvalue weighted by molar-refractivity contribution is 4.97. The summed E-state index contributed by atoms with van der Waals surface area (Å²) in [5, 5.41) is 4.25. The van der Waals surface area contributed by atoms with Crippen molar-refractivity contribution in [3.05, 3.63) is 12.2 Å². The van der Waals surface area contributed by atoms with Crippen LogP contribution in [0.2, 0.25) is 0 Å². The van der Waals surface area contributed by atoms with Crippen molar-refractivity contribution in [1.29, 1.82) is 0 Å². The first-order valence-electron chi connectivity index (χ1n) is 6.80. The van der Waals surface area contributed by atoms with Crippen LogP contribution in [0.3, 0.4) is 0 Å². The molecule has 0 saturated heterocycles. The Morgan fingerprint density at radius 1 is 1.29 bits per heavy atom. The molecule has 0 radical (unpaired) electrons. The molecule has 0 aromatic carbocycles. The van der Waals surface area contributed by atoms with E-state index in [2.05, 4.69) is 30.9 Å². The Labute approximate surface area is 105 Å². The van der Waals surface area contributed by atoms with Gasteiger partial charge in [0.25, 0.3) is 0 Å². The summed E-state index contributed by atoms with van der Waals surface area (Å²) in [5.74, 6) is 1.03. The minimum atomic E-state index is -0.117. The van der Waals surface area contributed by atoms with E-state index in [9.17, 15) is 0 Å². The summed E-state index contributed by atoms with van der Waals surface area (Å²) < 4.78 is 1.99.